The predicted molar refractivity (Wildman–Crippen MR) is 102 cm³/mol. The second-order valence-corrected chi connectivity index (χ2v) is 6.13. The van der Waals surface area contributed by atoms with E-state index in [2.05, 4.69) is 4.98 Å². The van der Waals surface area contributed by atoms with Crippen LogP contribution in [0.1, 0.15) is 43.4 Å². The van der Waals surface area contributed by atoms with Gasteiger partial charge < -0.3 is 21.3 Å². The lowest BCUT2D eigenvalue weighted by Crippen LogP contribution is -2.19. The highest BCUT2D eigenvalue weighted by atomic mass is 16.5. The van der Waals surface area contributed by atoms with Crippen molar-refractivity contribution in [3.63, 3.8) is 0 Å². The van der Waals surface area contributed by atoms with Gasteiger partial charge in [0.25, 0.3) is 0 Å². The van der Waals surface area contributed by atoms with Crippen molar-refractivity contribution in [1.29, 1.82) is 10.8 Å². The van der Waals surface area contributed by atoms with Gasteiger partial charge in [0.05, 0.1) is 12.3 Å². The highest BCUT2D eigenvalue weighted by molar-refractivity contribution is 5.95. The Bertz CT molecular complexity index is 723. The fourth-order valence-corrected chi connectivity index (χ4v) is 2.63. The first kappa shape index (κ1) is 19.2. The monoisotopic (exact) mass is 355 g/mol. The topological polar surface area (TPSA) is 142 Å². The van der Waals surface area contributed by atoms with E-state index in [4.69, 9.17) is 32.1 Å². The van der Waals surface area contributed by atoms with Gasteiger partial charge in [-0.1, -0.05) is 6.42 Å². The van der Waals surface area contributed by atoms with Gasteiger partial charge in [-0.05, 0) is 62.1 Å². The molecule has 1 aromatic heterocycles. The number of hydrogen-bond donors (Lipinski definition) is 5. The van der Waals surface area contributed by atoms with Crippen LogP contribution >= 0.6 is 0 Å². The number of nitrogens with zero attached hydrogens (tertiary/aromatic N) is 1. The average molecular weight is 355 g/mol. The van der Waals surface area contributed by atoms with Crippen LogP contribution in [-0.2, 0) is 0 Å². The van der Waals surface area contributed by atoms with E-state index in [0.29, 0.717) is 11.8 Å². The zero-order valence-electron chi connectivity index (χ0n) is 14.6. The first-order valence-corrected chi connectivity index (χ1v) is 8.56. The average Bonchev–Trinajstić information content (AvgIpc) is 2.64. The molecule has 3 rings (SSSR count). The molecule has 0 amide bonds. The molecular weight excluding hydrogens is 330 g/mol. The van der Waals surface area contributed by atoms with Gasteiger partial charge in [0.2, 0.25) is 0 Å². The number of nitrogens with two attached hydrogens (primary N) is 2. The zero-order valence-corrected chi connectivity index (χ0v) is 14.6. The van der Waals surface area contributed by atoms with E-state index in [1.165, 1.54) is 37.6 Å². The summed E-state index contributed by atoms with van der Waals surface area (Å²) in [4.78, 5) is 3.68. The fourth-order valence-electron chi connectivity index (χ4n) is 2.63. The first-order valence-electron chi connectivity index (χ1n) is 8.56. The summed E-state index contributed by atoms with van der Waals surface area (Å²) in [6.07, 6.45) is 7.83. The second-order valence-electron chi connectivity index (χ2n) is 6.13. The van der Waals surface area contributed by atoms with Crippen LogP contribution in [0.15, 0.2) is 42.6 Å². The Morgan fingerprint density at radius 2 is 1.62 bits per heavy atom. The molecule has 0 unspecified atom stereocenters. The molecule has 1 aliphatic carbocycles. The number of benzene rings is 1. The summed E-state index contributed by atoms with van der Waals surface area (Å²) in [6.45, 7) is 0. The fraction of sp³-hybridized carbons (Fsp3) is 0.316. The maximum absolute atomic E-state index is 8.76. The van der Waals surface area contributed by atoms with E-state index >= 15 is 0 Å². The van der Waals surface area contributed by atoms with Crippen molar-refractivity contribution in [2.24, 2.45) is 11.5 Å². The number of hydrogen-bond acceptors (Lipinski definition) is 5. The Labute approximate surface area is 153 Å². The summed E-state index contributed by atoms with van der Waals surface area (Å²) in [5.74, 6) is 0.964. The van der Waals surface area contributed by atoms with Gasteiger partial charge in [-0.3, -0.25) is 10.8 Å². The molecule has 0 saturated heterocycles. The van der Waals surface area contributed by atoms with Crippen LogP contribution in [0.2, 0.25) is 0 Å². The molecule has 7 N–H and O–H groups in total. The van der Waals surface area contributed by atoms with Crippen molar-refractivity contribution in [3.05, 3.63) is 53.9 Å². The van der Waals surface area contributed by atoms with Crippen LogP contribution in [0, 0.1) is 10.8 Å². The molecule has 7 nitrogen and oxygen atoms in total. The lowest BCUT2D eigenvalue weighted by atomic mass is 9.98. The van der Waals surface area contributed by atoms with Crippen LogP contribution in [0.25, 0.3) is 0 Å². The Morgan fingerprint density at radius 1 is 0.962 bits per heavy atom. The van der Waals surface area contributed by atoms with Crippen molar-refractivity contribution >= 4 is 11.7 Å². The first-order chi connectivity index (χ1) is 12.5. The molecule has 1 aromatic carbocycles. The van der Waals surface area contributed by atoms with Crippen LogP contribution in [0.5, 0.6) is 11.5 Å². The standard InChI is InChI=1S/C13H18N2O.C6H7N3O/c14-13(15)10-6-8-12(9-7-10)16-11-4-2-1-3-5-11;7-6(8)5-2-1-4(10)3-9-5/h6-9,11H,1-5H2,(H3,14,15);1-3,10H,(H3,7,8). The van der Waals surface area contributed by atoms with E-state index in [1.807, 2.05) is 24.3 Å². The minimum atomic E-state index is -0.0972. The summed E-state index contributed by atoms with van der Waals surface area (Å²) < 4.78 is 5.88. The van der Waals surface area contributed by atoms with Gasteiger partial charge >= 0.3 is 0 Å². The number of rotatable bonds is 4. The highest BCUT2D eigenvalue weighted by Crippen LogP contribution is 2.23. The minimum Gasteiger partial charge on any atom is -0.506 e. The van der Waals surface area contributed by atoms with Crippen LogP contribution in [0.4, 0.5) is 0 Å². The largest absolute Gasteiger partial charge is 0.506 e. The third kappa shape index (κ3) is 6.08. The summed E-state index contributed by atoms with van der Waals surface area (Å²) in [5, 5.41) is 23.0. The van der Waals surface area contributed by atoms with Gasteiger partial charge in [0.15, 0.2) is 0 Å². The highest BCUT2D eigenvalue weighted by Gasteiger charge is 2.14. The molecule has 7 heteroatoms. The Kier molecular flexibility index (Phi) is 6.96. The SMILES string of the molecule is N=C(N)c1ccc(O)cn1.N=C(N)c1ccc(OC2CCCCC2)cc1. The molecule has 1 aliphatic rings. The van der Waals surface area contributed by atoms with Crippen molar-refractivity contribution in [2.75, 3.05) is 0 Å². The normalized spacial score (nSPS) is 14.0. The van der Waals surface area contributed by atoms with Crippen LogP contribution < -0.4 is 16.2 Å². The number of amidine groups is 2. The van der Waals surface area contributed by atoms with E-state index in [0.717, 1.165) is 24.2 Å². The Balaban J connectivity index is 0.000000209. The van der Waals surface area contributed by atoms with Crippen molar-refractivity contribution < 1.29 is 9.84 Å². The number of aromatic hydroxyl groups is 1. The summed E-state index contributed by atoms with van der Waals surface area (Å²) in [6, 6.07) is 10.4. The molecule has 1 saturated carbocycles. The number of nitrogens with one attached hydrogen (secondary N) is 2. The van der Waals surface area contributed by atoms with Gasteiger partial charge in [-0.15, -0.1) is 0 Å². The molecule has 0 radical (unpaired) electrons. The molecule has 26 heavy (non-hydrogen) atoms. The number of aromatic nitrogens is 1. The summed E-state index contributed by atoms with van der Waals surface area (Å²) >= 11 is 0. The van der Waals surface area contributed by atoms with Crippen molar-refractivity contribution in [1.82, 2.24) is 4.98 Å². The van der Waals surface area contributed by atoms with Crippen molar-refractivity contribution in [3.8, 4) is 11.5 Å². The summed E-state index contributed by atoms with van der Waals surface area (Å²) in [5.41, 5.74) is 11.6. The number of nitrogen functional groups attached to an aromatic ring is 2. The van der Waals surface area contributed by atoms with E-state index in [9.17, 15) is 0 Å². The molecule has 1 heterocycles. The van der Waals surface area contributed by atoms with Gasteiger partial charge in [-0.25, -0.2) is 4.98 Å². The zero-order chi connectivity index (χ0) is 18.9. The van der Waals surface area contributed by atoms with Crippen LogP contribution in [-0.4, -0.2) is 27.9 Å². The van der Waals surface area contributed by atoms with E-state index in [1.54, 1.807) is 0 Å². The third-order valence-electron chi connectivity index (χ3n) is 4.04. The van der Waals surface area contributed by atoms with E-state index in [-0.39, 0.29) is 17.4 Å². The van der Waals surface area contributed by atoms with Gasteiger partial charge in [-0.2, -0.15) is 0 Å². The quantitative estimate of drug-likeness (QED) is 0.423. The predicted octanol–water partition coefficient (Wildman–Crippen LogP) is 2.75. The minimum absolute atomic E-state index is 0.0741. The molecule has 1 fully saturated rings. The Morgan fingerprint density at radius 3 is 2.12 bits per heavy atom. The molecular formula is C19H25N5O2. The number of ether oxygens (including phenoxy) is 1. The number of pyridine rings is 1. The smallest absolute Gasteiger partial charge is 0.141 e. The van der Waals surface area contributed by atoms with E-state index < -0.39 is 0 Å². The molecule has 0 aliphatic heterocycles. The van der Waals surface area contributed by atoms with Crippen LogP contribution in [0.3, 0.4) is 0 Å². The molecule has 2 aromatic rings. The van der Waals surface area contributed by atoms with Crippen molar-refractivity contribution in [2.45, 2.75) is 38.2 Å². The molecule has 0 bridgehead atoms. The maximum Gasteiger partial charge on any atom is 0.141 e. The molecule has 0 spiro atoms. The summed E-state index contributed by atoms with van der Waals surface area (Å²) in [7, 11) is 0. The second kappa shape index (κ2) is 9.41. The van der Waals surface area contributed by atoms with Gasteiger partial charge in [0.1, 0.15) is 28.9 Å². The molecule has 138 valence electrons. The lowest BCUT2D eigenvalue weighted by Gasteiger charge is -2.23. The Hall–Kier alpha value is -3.09. The molecule has 0 atom stereocenters. The van der Waals surface area contributed by atoms with Gasteiger partial charge in [0, 0.05) is 5.56 Å². The maximum atomic E-state index is 8.76. The lowest BCUT2D eigenvalue weighted by molar-refractivity contribution is 0.155. The third-order valence-corrected chi connectivity index (χ3v) is 4.04.